The third-order valence-corrected chi connectivity index (χ3v) is 4.91. The van der Waals surface area contributed by atoms with Crippen molar-refractivity contribution in [3.05, 3.63) is 58.6 Å². The fourth-order valence-corrected chi connectivity index (χ4v) is 3.12. The quantitative estimate of drug-likeness (QED) is 0.831. The molecule has 2 aromatic carbocycles. The molecule has 2 amide bonds. The van der Waals surface area contributed by atoms with Crippen LogP contribution in [0.25, 0.3) is 0 Å². The molecule has 1 fully saturated rings. The predicted molar refractivity (Wildman–Crippen MR) is 102 cm³/mol. The van der Waals surface area contributed by atoms with Crippen LogP contribution in [0.1, 0.15) is 29.3 Å². The van der Waals surface area contributed by atoms with Crippen molar-refractivity contribution in [2.45, 2.75) is 20.3 Å². The highest BCUT2D eigenvalue weighted by molar-refractivity contribution is 6.31. The van der Waals surface area contributed by atoms with E-state index in [4.69, 9.17) is 11.6 Å². The van der Waals surface area contributed by atoms with E-state index >= 15 is 0 Å². The molecule has 2 aromatic rings. The number of nitrogens with zero attached hydrogens (tertiary/aromatic N) is 1. The van der Waals surface area contributed by atoms with Crippen molar-refractivity contribution in [2.75, 3.05) is 16.8 Å². The average molecular weight is 371 g/mol. The second kappa shape index (κ2) is 7.30. The lowest BCUT2D eigenvalue weighted by molar-refractivity contribution is -0.122. The van der Waals surface area contributed by atoms with Crippen LogP contribution in [0.4, 0.5) is 11.4 Å². The monoisotopic (exact) mass is 370 g/mol. The maximum Gasteiger partial charge on any atom is 0.229 e. The second-order valence-corrected chi connectivity index (χ2v) is 6.87. The van der Waals surface area contributed by atoms with Gasteiger partial charge in [0.15, 0.2) is 5.78 Å². The molecule has 3 rings (SSSR count). The Morgan fingerprint density at radius 2 is 1.96 bits per heavy atom. The van der Waals surface area contributed by atoms with E-state index in [0.29, 0.717) is 22.0 Å². The van der Waals surface area contributed by atoms with Crippen molar-refractivity contribution in [2.24, 2.45) is 5.92 Å². The highest BCUT2D eigenvalue weighted by atomic mass is 35.5. The largest absolute Gasteiger partial charge is 0.326 e. The molecule has 0 radical (unpaired) electrons. The number of halogens is 1. The molecule has 1 N–H and O–H groups in total. The van der Waals surface area contributed by atoms with Crippen LogP contribution in [0.5, 0.6) is 0 Å². The minimum absolute atomic E-state index is 0.0657. The number of rotatable bonds is 4. The molecule has 134 valence electrons. The predicted octanol–water partition coefficient (Wildman–Crippen LogP) is 3.84. The van der Waals surface area contributed by atoms with Crippen molar-refractivity contribution >= 4 is 40.6 Å². The molecule has 6 heteroatoms. The van der Waals surface area contributed by atoms with Crippen molar-refractivity contribution in [1.29, 1.82) is 0 Å². The van der Waals surface area contributed by atoms with E-state index in [2.05, 4.69) is 5.32 Å². The van der Waals surface area contributed by atoms with Gasteiger partial charge in [-0.25, -0.2) is 0 Å². The van der Waals surface area contributed by atoms with Gasteiger partial charge in [0, 0.05) is 34.9 Å². The van der Waals surface area contributed by atoms with Gasteiger partial charge in [0.25, 0.3) is 0 Å². The minimum atomic E-state index is -0.455. The Labute approximate surface area is 156 Å². The third-order valence-electron chi connectivity index (χ3n) is 4.50. The normalized spacial score (nSPS) is 16.7. The number of aryl methyl sites for hydroxylation is 1. The maximum absolute atomic E-state index is 12.5. The fourth-order valence-electron chi connectivity index (χ4n) is 2.94. The van der Waals surface area contributed by atoms with Gasteiger partial charge in [0.2, 0.25) is 11.8 Å². The van der Waals surface area contributed by atoms with Crippen LogP contribution in [0.15, 0.2) is 42.5 Å². The van der Waals surface area contributed by atoms with Gasteiger partial charge in [-0.2, -0.15) is 0 Å². The third kappa shape index (κ3) is 3.78. The standard InChI is InChI=1S/C20H19ClN2O3/c1-12-6-7-16(10-18(12)21)22-20(26)15-9-19(25)23(11-15)17-5-3-4-14(8-17)13(2)24/h3-8,10,15H,9,11H2,1-2H3,(H,22,26). The summed E-state index contributed by atoms with van der Waals surface area (Å²) in [5.74, 6) is -0.871. The Bertz CT molecular complexity index is 894. The van der Waals surface area contributed by atoms with Crippen LogP contribution in [0.3, 0.4) is 0 Å². The summed E-state index contributed by atoms with van der Waals surface area (Å²) in [6.45, 7) is 3.65. The van der Waals surface area contributed by atoms with Crippen molar-refractivity contribution in [1.82, 2.24) is 0 Å². The zero-order chi connectivity index (χ0) is 18.8. The van der Waals surface area contributed by atoms with Crippen LogP contribution in [0.2, 0.25) is 5.02 Å². The van der Waals surface area contributed by atoms with Gasteiger partial charge in [-0.15, -0.1) is 0 Å². The SMILES string of the molecule is CC(=O)c1cccc(N2CC(C(=O)Nc3ccc(C)c(Cl)c3)CC2=O)c1. The molecule has 1 atom stereocenters. The van der Waals surface area contributed by atoms with Crippen LogP contribution in [-0.4, -0.2) is 24.1 Å². The first-order valence-corrected chi connectivity index (χ1v) is 8.71. The van der Waals surface area contributed by atoms with Crippen LogP contribution < -0.4 is 10.2 Å². The highest BCUT2D eigenvalue weighted by Gasteiger charge is 2.35. The van der Waals surface area contributed by atoms with Crippen LogP contribution >= 0.6 is 11.6 Å². The summed E-state index contributed by atoms with van der Waals surface area (Å²) >= 11 is 6.08. The van der Waals surface area contributed by atoms with E-state index in [1.807, 2.05) is 13.0 Å². The first-order valence-electron chi connectivity index (χ1n) is 8.33. The summed E-state index contributed by atoms with van der Waals surface area (Å²) in [5.41, 5.74) is 2.71. The van der Waals surface area contributed by atoms with Gasteiger partial charge in [0.05, 0.1) is 5.92 Å². The number of anilines is 2. The lowest BCUT2D eigenvalue weighted by atomic mass is 10.1. The van der Waals surface area contributed by atoms with Gasteiger partial charge >= 0.3 is 0 Å². The molecule has 1 unspecified atom stereocenters. The number of amides is 2. The summed E-state index contributed by atoms with van der Waals surface area (Å²) in [4.78, 5) is 38.0. The van der Waals surface area contributed by atoms with Crippen molar-refractivity contribution in [3.63, 3.8) is 0 Å². The lowest BCUT2D eigenvalue weighted by Gasteiger charge is -2.17. The summed E-state index contributed by atoms with van der Waals surface area (Å²) in [7, 11) is 0. The summed E-state index contributed by atoms with van der Waals surface area (Å²) in [6.07, 6.45) is 0.135. The first-order chi connectivity index (χ1) is 12.3. The van der Waals surface area contributed by atoms with Crippen LogP contribution in [-0.2, 0) is 9.59 Å². The molecule has 0 aliphatic carbocycles. The topological polar surface area (TPSA) is 66.5 Å². The zero-order valence-electron chi connectivity index (χ0n) is 14.6. The van der Waals surface area contributed by atoms with Crippen molar-refractivity contribution < 1.29 is 14.4 Å². The maximum atomic E-state index is 12.5. The molecular formula is C20H19ClN2O3. The Balaban J connectivity index is 1.72. The zero-order valence-corrected chi connectivity index (χ0v) is 15.3. The second-order valence-electron chi connectivity index (χ2n) is 6.47. The number of ketones is 1. The molecule has 5 nitrogen and oxygen atoms in total. The molecule has 26 heavy (non-hydrogen) atoms. The van der Waals surface area contributed by atoms with E-state index in [1.165, 1.54) is 6.92 Å². The smallest absolute Gasteiger partial charge is 0.229 e. The van der Waals surface area contributed by atoms with E-state index in [-0.39, 0.29) is 30.6 Å². The van der Waals surface area contributed by atoms with Crippen LogP contribution in [0, 0.1) is 12.8 Å². The minimum Gasteiger partial charge on any atom is -0.326 e. The molecule has 1 aliphatic rings. The van der Waals surface area contributed by atoms with Gasteiger partial charge in [-0.05, 0) is 43.7 Å². The van der Waals surface area contributed by atoms with Crippen molar-refractivity contribution in [3.8, 4) is 0 Å². The van der Waals surface area contributed by atoms with E-state index in [9.17, 15) is 14.4 Å². The number of benzene rings is 2. The molecular weight excluding hydrogens is 352 g/mol. The Morgan fingerprint density at radius 3 is 2.65 bits per heavy atom. The number of hydrogen-bond acceptors (Lipinski definition) is 3. The molecule has 1 aliphatic heterocycles. The molecule has 0 saturated carbocycles. The highest BCUT2D eigenvalue weighted by Crippen LogP contribution is 2.27. The van der Waals surface area contributed by atoms with E-state index in [1.54, 1.807) is 41.3 Å². The van der Waals surface area contributed by atoms with Gasteiger partial charge in [0.1, 0.15) is 0 Å². The molecule has 1 heterocycles. The van der Waals surface area contributed by atoms with E-state index < -0.39 is 5.92 Å². The van der Waals surface area contributed by atoms with Gasteiger partial charge in [-0.3, -0.25) is 14.4 Å². The average Bonchev–Trinajstić information content (AvgIpc) is 3.00. The number of carbonyl (C=O) groups is 3. The summed E-state index contributed by atoms with van der Waals surface area (Å²) in [6, 6.07) is 12.2. The van der Waals surface area contributed by atoms with Gasteiger partial charge in [-0.1, -0.05) is 29.8 Å². The first kappa shape index (κ1) is 18.1. The number of Topliss-reactive ketones (excluding diaryl/α,β-unsaturated/α-hetero) is 1. The summed E-state index contributed by atoms with van der Waals surface area (Å²) < 4.78 is 0. The Morgan fingerprint density at radius 1 is 1.19 bits per heavy atom. The number of carbonyl (C=O) groups excluding carboxylic acids is 3. The molecule has 0 bridgehead atoms. The molecule has 0 aromatic heterocycles. The molecule has 0 spiro atoms. The fraction of sp³-hybridized carbons (Fsp3) is 0.250. The van der Waals surface area contributed by atoms with E-state index in [0.717, 1.165) is 5.56 Å². The lowest BCUT2D eigenvalue weighted by Crippen LogP contribution is -2.28. The Hall–Kier alpha value is -2.66. The molecule has 1 saturated heterocycles. The Kier molecular flexibility index (Phi) is 5.09. The summed E-state index contributed by atoms with van der Waals surface area (Å²) in [5, 5.41) is 3.39. The number of hydrogen-bond donors (Lipinski definition) is 1. The van der Waals surface area contributed by atoms with Gasteiger partial charge < -0.3 is 10.2 Å². The number of nitrogens with one attached hydrogen (secondary N) is 1.